The van der Waals surface area contributed by atoms with E-state index < -0.39 is 17.8 Å². The van der Waals surface area contributed by atoms with Crippen LogP contribution in [0.4, 0.5) is 0 Å². The molecule has 5 rings (SSSR count). The maximum Gasteiger partial charge on any atom is 0.263 e. The lowest BCUT2D eigenvalue weighted by molar-refractivity contribution is -0.212. The molecule has 1 amide bonds. The van der Waals surface area contributed by atoms with Crippen LogP contribution in [0.2, 0.25) is 0 Å². The number of aliphatic hydroxyl groups is 2. The van der Waals surface area contributed by atoms with Crippen LogP contribution in [0.3, 0.4) is 0 Å². The number of nitrogens with zero attached hydrogens (tertiary/aromatic N) is 1. The van der Waals surface area contributed by atoms with Crippen LogP contribution in [0.15, 0.2) is 6.07 Å². The molecule has 3 fully saturated rings. The quantitative estimate of drug-likeness (QED) is 0.626. The van der Waals surface area contributed by atoms with E-state index in [9.17, 15) is 15.0 Å². The number of carbonyl (C=O) groups excluding carboxylic acids is 1. The highest BCUT2D eigenvalue weighted by Crippen LogP contribution is 2.44. The van der Waals surface area contributed by atoms with E-state index in [0.717, 1.165) is 43.8 Å². The second-order valence-electron chi connectivity index (χ2n) is 8.80. The largest absolute Gasteiger partial charge is 0.390 e. The van der Waals surface area contributed by atoms with Gasteiger partial charge in [-0.15, -0.1) is 11.3 Å². The van der Waals surface area contributed by atoms with E-state index in [0.29, 0.717) is 39.0 Å². The van der Waals surface area contributed by atoms with Gasteiger partial charge in [0, 0.05) is 24.4 Å². The predicted octanol–water partition coefficient (Wildman–Crippen LogP) is 1.02. The summed E-state index contributed by atoms with van der Waals surface area (Å²) < 4.78 is 12.1. The molecule has 2 spiro atoms. The van der Waals surface area contributed by atoms with E-state index in [1.54, 1.807) is 11.3 Å². The molecular formula is C21H30N2O5S. The minimum absolute atomic E-state index is 0.0641. The van der Waals surface area contributed by atoms with Crippen molar-refractivity contribution in [3.8, 4) is 0 Å². The van der Waals surface area contributed by atoms with E-state index in [1.165, 1.54) is 10.4 Å². The van der Waals surface area contributed by atoms with E-state index in [2.05, 4.69) is 11.4 Å². The highest BCUT2D eigenvalue weighted by Gasteiger charge is 2.48. The van der Waals surface area contributed by atoms with Gasteiger partial charge >= 0.3 is 0 Å². The Morgan fingerprint density at radius 1 is 1.14 bits per heavy atom. The number of fused-ring (bicyclic) bond motifs is 2. The number of ether oxygens (including phenoxy) is 2. The van der Waals surface area contributed by atoms with Crippen molar-refractivity contribution in [1.82, 2.24) is 10.2 Å². The monoisotopic (exact) mass is 422 g/mol. The van der Waals surface area contributed by atoms with Crippen LogP contribution in [-0.4, -0.2) is 78.2 Å². The summed E-state index contributed by atoms with van der Waals surface area (Å²) in [5, 5.41) is 23.9. The van der Waals surface area contributed by atoms with Gasteiger partial charge in [-0.2, -0.15) is 0 Å². The lowest BCUT2D eigenvalue weighted by atomic mass is 9.80. The van der Waals surface area contributed by atoms with Crippen LogP contribution >= 0.6 is 11.3 Å². The maximum absolute atomic E-state index is 13.2. The van der Waals surface area contributed by atoms with E-state index in [4.69, 9.17) is 9.47 Å². The van der Waals surface area contributed by atoms with Crippen molar-refractivity contribution >= 4 is 17.2 Å². The average Bonchev–Trinajstić information content (AvgIpc) is 3.19. The Morgan fingerprint density at radius 3 is 2.66 bits per heavy atom. The van der Waals surface area contributed by atoms with Crippen molar-refractivity contribution in [3.05, 3.63) is 21.4 Å². The van der Waals surface area contributed by atoms with Crippen LogP contribution in [-0.2, 0) is 21.5 Å². The Hall–Kier alpha value is -1.03. The predicted molar refractivity (Wildman–Crippen MR) is 108 cm³/mol. The second-order valence-corrected chi connectivity index (χ2v) is 9.93. The summed E-state index contributed by atoms with van der Waals surface area (Å²) in [6.45, 7) is 4.15. The first-order chi connectivity index (χ1) is 14.0. The van der Waals surface area contributed by atoms with Crippen molar-refractivity contribution in [1.29, 1.82) is 0 Å². The Kier molecular flexibility index (Phi) is 5.21. The van der Waals surface area contributed by atoms with Crippen molar-refractivity contribution in [2.45, 2.75) is 61.9 Å². The fourth-order valence-corrected chi connectivity index (χ4v) is 6.63. The molecule has 5 heterocycles. The third-order valence-corrected chi connectivity index (χ3v) is 8.42. The average molecular weight is 423 g/mol. The van der Waals surface area contributed by atoms with Crippen LogP contribution < -0.4 is 5.32 Å². The van der Waals surface area contributed by atoms with Gasteiger partial charge < -0.3 is 29.9 Å². The number of amides is 1. The zero-order chi connectivity index (χ0) is 20.1. The summed E-state index contributed by atoms with van der Waals surface area (Å²) in [4.78, 5) is 17.2. The molecule has 0 bridgehead atoms. The third kappa shape index (κ3) is 3.34. The van der Waals surface area contributed by atoms with Gasteiger partial charge in [0.25, 0.3) is 5.91 Å². The Balaban J connectivity index is 1.31. The molecule has 0 aromatic carbocycles. The number of nitrogens with one attached hydrogen (secondary N) is 1. The number of carbonyl (C=O) groups is 1. The van der Waals surface area contributed by atoms with Crippen molar-refractivity contribution in [3.63, 3.8) is 0 Å². The van der Waals surface area contributed by atoms with Crippen molar-refractivity contribution < 1.29 is 24.5 Å². The van der Waals surface area contributed by atoms with Crippen LogP contribution in [0, 0.1) is 0 Å². The zero-order valence-corrected chi connectivity index (χ0v) is 17.5. The van der Waals surface area contributed by atoms with Crippen molar-refractivity contribution in [2.75, 3.05) is 39.4 Å². The molecule has 0 unspecified atom stereocenters. The highest BCUT2D eigenvalue weighted by molar-refractivity contribution is 7.14. The summed E-state index contributed by atoms with van der Waals surface area (Å²) in [5.74, 6) is 0.0641. The van der Waals surface area contributed by atoms with Crippen molar-refractivity contribution in [2.24, 2.45) is 0 Å². The molecule has 7 nitrogen and oxygen atoms in total. The van der Waals surface area contributed by atoms with E-state index in [1.807, 2.05) is 4.90 Å². The maximum atomic E-state index is 13.2. The topological polar surface area (TPSA) is 91.3 Å². The molecule has 2 atom stereocenters. The molecule has 3 N–H and O–H groups in total. The lowest BCUT2D eigenvalue weighted by Crippen LogP contribution is -2.60. The molecule has 0 radical (unpaired) electrons. The van der Waals surface area contributed by atoms with Gasteiger partial charge in [-0.25, -0.2) is 0 Å². The smallest absolute Gasteiger partial charge is 0.263 e. The molecule has 0 saturated carbocycles. The molecular weight excluding hydrogens is 392 g/mol. The highest BCUT2D eigenvalue weighted by atomic mass is 32.1. The number of hydrogen-bond acceptors (Lipinski definition) is 7. The Morgan fingerprint density at radius 2 is 1.90 bits per heavy atom. The molecule has 3 saturated heterocycles. The first-order valence-electron chi connectivity index (χ1n) is 10.8. The molecule has 4 aliphatic heterocycles. The standard InChI is InChI=1S/C21H30N2O5S/c24-15-1-11-28-21(18(15)25)5-9-23(10-6-21)19(26)17-13-14-16(29-17)2-12-27-20(14)3-7-22-8-4-20/h13,15,18,22,24-25H,1-12H2/t15-,18-/m0/s1. The molecule has 160 valence electrons. The Labute approximate surface area is 175 Å². The number of likely N-dealkylation sites (tertiary alicyclic amines) is 1. The van der Waals surface area contributed by atoms with Gasteiger partial charge in [-0.1, -0.05) is 0 Å². The minimum atomic E-state index is -0.875. The minimum Gasteiger partial charge on any atom is -0.390 e. The Bertz CT molecular complexity index is 767. The number of thiophene rings is 1. The number of hydrogen-bond donors (Lipinski definition) is 3. The normalized spacial score (nSPS) is 31.0. The van der Waals surface area contributed by atoms with E-state index >= 15 is 0 Å². The first kappa shape index (κ1) is 19.9. The van der Waals surface area contributed by atoms with E-state index in [-0.39, 0.29) is 11.5 Å². The van der Waals surface area contributed by atoms with Crippen LogP contribution in [0.5, 0.6) is 0 Å². The fraction of sp³-hybridized carbons (Fsp3) is 0.762. The molecule has 8 heteroatoms. The summed E-state index contributed by atoms with van der Waals surface area (Å²) in [5.41, 5.74) is 0.285. The third-order valence-electron chi connectivity index (χ3n) is 7.23. The number of rotatable bonds is 1. The fourth-order valence-electron chi connectivity index (χ4n) is 5.43. The molecule has 1 aromatic heterocycles. The number of piperidine rings is 2. The zero-order valence-electron chi connectivity index (χ0n) is 16.7. The molecule has 1 aromatic rings. The van der Waals surface area contributed by atoms with Gasteiger partial charge in [0.1, 0.15) is 6.10 Å². The summed E-state index contributed by atoms with van der Waals surface area (Å²) in [7, 11) is 0. The SMILES string of the molecule is O=C(c1cc2c(s1)CCOC21CCNCC1)N1CCC2(CC1)OCC[C@H](O)[C@@H]2O. The summed E-state index contributed by atoms with van der Waals surface area (Å²) in [6.07, 6.45) is 2.74. The van der Waals surface area contributed by atoms with Gasteiger partial charge in [0.2, 0.25) is 0 Å². The summed E-state index contributed by atoms with van der Waals surface area (Å²) >= 11 is 1.62. The van der Waals surface area contributed by atoms with Crippen LogP contribution in [0.1, 0.15) is 52.2 Å². The van der Waals surface area contributed by atoms with Gasteiger partial charge in [-0.05, 0) is 56.8 Å². The summed E-state index contributed by atoms with van der Waals surface area (Å²) in [6, 6.07) is 2.08. The van der Waals surface area contributed by atoms with Gasteiger partial charge in [0.15, 0.2) is 0 Å². The van der Waals surface area contributed by atoms with Gasteiger partial charge in [-0.3, -0.25) is 4.79 Å². The molecule has 4 aliphatic rings. The molecule has 0 aliphatic carbocycles. The molecule has 29 heavy (non-hydrogen) atoms. The second kappa shape index (κ2) is 7.59. The first-order valence-corrected chi connectivity index (χ1v) is 11.6. The number of aliphatic hydroxyl groups excluding tert-OH is 2. The van der Waals surface area contributed by atoms with Crippen LogP contribution in [0.25, 0.3) is 0 Å². The lowest BCUT2D eigenvalue weighted by Gasteiger charge is -2.48. The van der Waals surface area contributed by atoms with Gasteiger partial charge in [0.05, 0.1) is 35.4 Å².